The van der Waals surface area contributed by atoms with Crippen molar-refractivity contribution in [3.8, 4) is 11.5 Å². The van der Waals surface area contributed by atoms with Gasteiger partial charge in [0.25, 0.3) is 10.0 Å². The third kappa shape index (κ3) is 7.32. The monoisotopic (exact) mass is 567 g/mol. The van der Waals surface area contributed by atoms with E-state index in [4.69, 9.17) is 9.47 Å². The first kappa shape index (κ1) is 30.5. The maximum absolute atomic E-state index is 14.0. The number of likely N-dealkylation sites (N-methyl/N-ethyl adjacent to an activating group) is 1. The van der Waals surface area contributed by atoms with Crippen LogP contribution in [0.4, 0.5) is 5.69 Å². The number of nitrogens with zero attached hydrogens (tertiary/aromatic N) is 2. The summed E-state index contributed by atoms with van der Waals surface area (Å²) in [6.45, 7) is 5.50. The summed E-state index contributed by atoms with van der Waals surface area (Å²) in [4.78, 5) is 28.5. The van der Waals surface area contributed by atoms with Gasteiger partial charge in [-0.3, -0.25) is 13.9 Å². The van der Waals surface area contributed by atoms with Gasteiger partial charge >= 0.3 is 0 Å². The fraction of sp³-hybridized carbons (Fsp3) is 0.333. The van der Waals surface area contributed by atoms with Gasteiger partial charge in [0.15, 0.2) is 0 Å². The molecule has 0 spiro atoms. The molecule has 3 aromatic rings. The van der Waals surface area contributed by atoms with E-state index in [-0.39, 0.29) is 17.3 Å². The number of ether oxygens (including phenoxy) is 2. The molecule has 0 aliphatic heterocycles. The van der Waals surface area contributed by atoms with E-state index in [0.29, 0.717) is 30.2 Å². The molecule has 10 heteroatoms. The molecule has 3 aromatic carbocycles. The second-order valence-electron chi connectivity index (χ2n) is 9.21. The number of carbonyl (C=O) groups is 2. The van der Waals surface area contributed by atoms with Gasteiger partial charge in [0.2, 0.25) is 11.8 Å². The third-order valence-electron chi connectivity index (χ3n) is 6.50. The Labute approximate surface area is 236 Å². The van der Waals surface area contributed by atoms with Gasteiger partial charge in [-0.15, -0.1) is 0 Å². The average molecular weight is 568 g/mol. The van der Waals surface area contributed by atoms with Crippen LogP contribution in [0.1, 0.15) is 31.4 Å². The van der Waals surface area contributed by atoms with Gasteiger partial charge in [-0.05, 0) is 74.4 Å². The van der Waals surface area contributed by atoms with Crippen molar-refractivity contribution in [1.29, 1.82) is 0 Å². The number of carbonyl (C=O) groups excluding carboxylic acids is 2. The zero-order chi connectivity index (χ0) is 29.3. The Morgan fingerprint density at radius 1 is 0.850 bits per heavy atom. The van der Waals surface area contributed by atoms with E-state index in [2.05, 4.69) is 5.32 Å². The van der Waals surface area contributed by atoms with Crippen molar-refractivity contribution in [3.63, 3.8) is 0 Å². The van der Waals surface area contributed by atoms with Crippen LogP contribution in [0.5, 0.6) is 11.5 Å². The molecular weight excluding hydrogens is 530 g/mol. The Morgan fingerprint density at radius 2 is 1.40 bits per heavy atom. The quantitative estimate of drug-likeness (QED) is 0.333. The number of benzene rings is 3. The summed E-state index contributed by atoms with van der Waals surface area (Å²) in [5.74, 6) is 0.392. The maximum atomic E-state index is 14.0. The molecule has 3 rings (SSSR count). The van der Waals surface area contributed by atoms with Gasteiger partial charge in [-0.2, -0.15) is 0 Å². The number of hydrogen-bond acceptors (Lipinski definition) is 6. The van der Waals surface area contributed by atoms with Crippen molar-refractivity contribution in [2.75, 3.05) is 31.6 Å². The van der Waals surface area contributed by atoms with Gasteiger partial charge in [0, 0.05) is 13.1 Å². The Morgan fingerprint density at radius 3 is 1.90 bits per heavy atom. The summed E-state index contributed by atoms with van der Waals surface area (Å²) in [5, 5.41) is 2.80. The Hall–Kier alpha value is -4.05. The summed E-state index contributed by atoms with van der Waals surface area (Å²) >= 11 is 0. The van der Waals surface area contributed by atoms with E-state index in [9.17, 15) is 18.0 Å². The van der Waals surface area contributed by atoms with Crippen LogP contribution in [0, 0.1) is 6.92 Å². The van der Waals surface area contributed by atoms with E-state index in [1.54, 1.807) is 62.6 Å². The van der Waals surface area contributed by atoms with Crippen molar-refractivity contribution >= 4 is 27.5 Å². The molecule has 0 saturated carbocycles. The molecule has 0 aliphatic rings. The van der Waals surface area contributed by atoms with Gasteiger partial charge in [0.05, 0.1) is 24.8 Å². The Kier molecular flexibility index (Phi) is 10.6. The minimum atomic E-state index is -4.14. The smallest absolute Gasteiger partial charge is 0.264 e. The van der Waals surface area contributed by atoms with Crippen LogP contribution in [0.25, 0.3) is 0 Å². The number of rotatable bonds is 13. The topological polar surface area (TPSA) is 105 Å². The minimum absolute atomic E-state index is 0.0548. The fourth-order valence-corrected chi connectivity index (χ4v) is 5.67. The van der Waals surface area contributed by atoms with Crippen molar-refractivity contribution in [3.05, 3.63) is 83.9 Å². The van der Waals surface area contributed by atoms with Crippen molar-refractivity contribution < 1.29 is 27.5 Å². The van der Waals surface area contributed by atoms with Crippen LogP contribution in [-0.4, -0.2) is 58.5 Å². The fourth-order valence-electron chi connectivity index (χ4n) is 4.25. The van der Waals surface area contributed by atoms with Crippen LogP contribution < -0.4 is 19.1 Å². The van der Waals surface area contributed by atoms with E-state index in [0.717, 1.165) is 15.4 Å². The molecule has 1 N–H and O–H groups in total. The largest absolute Gasteiger partial charge is 0.497 e. The summed E-state index contributed by atoms with van der Waals surface area (Å²) < 4.78 is 39.3. The predicted octanol–water partition coefficient (Wildman–Crippen LogP) is 4.15. The molecule has 1 atom stereocenters. The summed E-state index contributed by atoms with van der Waals surface area (Å²) in [6.07, 6.45) is 0.348. The molecule has 0 aliphatic carbocycles. The molecule has 1 unspecified atom stereocenters. The van der Waals surface area contributed by atoms with Crippen LogP contribution in [0.3, 0.4) is 0 Å². The lowest BCUT2D eigenvalue weighted by Crippen LogP contribution is -2.52. The van der Waals surface area contributed by atoms with Crippen LogP contribution in [0.15, 0.2) is 77.7 Å². The van der Waals surface area contributed by atoms with Crippen LogP contribution in [0.2, 0.25) is 0 Å². The Bertz CT molecular complexity index is 1370. The highest BCUT2D eigenvalue weighted by atomic mass is 32.2. The first-order valence-corrected chi connectivity index (χ1v) is 14.5. The molecule has 0 radical (unpaired) electrons. The minimum Gasteiger partial charge on any atom is -0.497 e. The molecule has 40 heavy (non-hydrogen) atoms. The van der Waals surface area contributed by atoms with Gasteiger partial charge in [0.1, 0.15) is 24.1 Å². The molecule has 9 nitrogen and oxygen atoms in total. The molecule has 0 saturated heterocycles. The highest BCUT2D eigenvalue weighted by molar-refractivity contribution is 7.92. The molecule has 0 bridgehead atoms. The number of sulfonamides is 1. The van der Waals surface area contributed by atoms with Crippen molar-refractivity contribution in [2.24, 2.45) is 0 Å². The standard InChI is InChI=1S/C30H37N3O6S/c1-6-28(30(35)31-7-2)32(20-23-10-14-25(38-4)15-11-23)29(34)21-33(24-12-16-26(39-5)17-13-24)40(36,37)27-18-8-22(3)9-19-27/h8-19,28H,6-7,20-21H2,1-5H3,(H,31,35). The van der Waals surface area contributed by atoms with E-state index < -0.39 is 28.5 Å². The van der Waals surface area contributed by atoms with E-state index >= 15 is 0 Å². The SMILES string of the molecule is CCNC(=O)C(CC)N(Cc1ccc(OC)cc1)C(=O)CN(c1ccc(OC)cc1)S(=O)(=O)c1ccc(C)cc1. The lowest BCUT2D eigenvalue weighted by Gasteiger charge is -2.33. The lowest BCUT2D eigenvalue weighted by molar-refractivity contribution is -0.140. The Balaban J connectivity index is 2.05. The third-order valence-corrected chi connectivity index (χ3v) is 8.29. The number of nitrogens with one attached hydrogen (secondary N) is 1. The lowest BCUT2D eigenvalue weighted by atomic mass is 10.1. The van der Waals surface area contributed by atoms with Gasteiger partial charge < -0.3 is 19.7 Å². The highest BCUT2D eigenvalue weighted by Gasteiger charge is 2.33. The zero-order valence-corrected chi connectivity index (χ0v) is 24.4. The number of aryl methyl sites for hydroxylation is 1. The molecule has 2 amide bonds. The predicted molar refractivity (Wildman–Crippen MR) is 155 cm³/mol. The van der Waals surface area contributed by atoms with Gasteiger partial charge in [-0.1, -0.05) is 36.8 Å². The second kappa shape index (κ2) is 13.8. The van der Waals surface area contributed by atoms with Crippen LogP contribution in [-0.2, 0) is 26.2 Å². The first-order valence-electron chi connectivity index (χ1n) is 13.1. The zero-order valence-electron chi connectivity index (χ0n) is 23.6. The molecule has 214 valence electrons. The van der Waals surface area contributed by atoms with Crippen molar-refractivity contribution in [1.82, 2.24) is 10.2 Å². The van der Waals surface area contributed by atoms with E-state index in [1.165, 1.54) is 24.1 Å². The number of methoxy groups -OCH3 is 2. The summed E-state index contributed by atoms with van der Waals surface area (Å²) in [6, 6.07) is 19.3. The summed E-state index contributed by atoms with van der Waals surface area (Å²) in [5.41, 5.74) is 1.98. The highest BCUT2D eigenvalue weighted by Crippen LogP contribution is 2.27. The normalized spacial score (nSPS) is 11.8. The van der Waals surface area contributed by atoms with Gasteiger partial charge in [-0.25, -0.2) is 8.42 Å². The molecule has 0 heterocycles. The number of hydrogen-bond donors (Lipinski definition) is 1. The number of amides is 2. The maximum Gasteiger partial charge on any atom is 0.264 e. The molecule has 0 aromatic heterocycles. The summed E-state index contributed by atoms with van der Waals surface area (Å²) in [7, 11) is -1.05. The van der Waals surface area contributed by atoms with Crippen LogP contribution >= 0.6 is 0 Å². The van der Waals surface area contributed by atoms with E-state index in [1.807, 2.05) is 26.0 Å². The number of anilines is 1. The molecule has 0 fully saturated rings. The average Bonchev–Trinajstić information content (AvgIpc) is 2.96. The second-order valence-corrected chi connectivity index (χ2v) is 11.1. The first-order chi connectivity index (χ1) is 19.1. The molecular formula is C30H37N3O6S. The van der Waals surface area contributed by atoms with Crippen molar-refractivity contribution in [2.45, 2.75) is 44.7 Å².